The zero-order valence-corrected chi connectivity index (χ0v) is 10.5. The van der Waals surface area contributed by atoms with Crippen LogP contribution in [0, 0.1) is 11.8 Å². The van der Waals surface area contributed by atoms with Crippen molar-refractivity contribution in [2.45, 2.75) is 51.0 Å². The fraction of sp³-hybridized carbons (Fsp3) is 0.857. The van der Waals surface area contributed by atoms with Gasteiger partial charge in [-0.15, -0.1) is 11.8 Å². The molecule has 2 fully saturated rings. The zero-order chi connectivity index (χ0) is 11.3. The average Bonchev–Trinajstić information content (AvgIpc) is 2.31. The molecule has 1 N–H and O–H groups in total. The van der Waals surface area contributed by atoms with E-state index in [1.165, 1.54) is 51.7 Å². The molecule has 0 radical (unpaired) electrons. The van der Waals surface area contributed by atoms with E-state index in [2.05, 4.69) is 22.1 Å². The second kappa shape index (κ2) is 5.70. The van der Waals surface area contributed by atoms with Crippen molar-refractivity contribution in [2.75, 3.05) is 26.2 Å². The number of hydrogen-bond acceptors (Lipinski definition) is 2. The quantitative estimate of drug-likeness (QED) is 0.716. The van der Waals surface area contributed by atoms with Crippen molar-refractivity contribution in [3.63, 3.8) is 0 Å². The van der Waals surface area contributed by atoms with E-state index in [-0.39, 0.29) is 0 Å². The molecule has 2 rings (SSSR count). The molecule has 1 aliphatic carbocycles. The molecule has 1 heterocycles. The van der Waals surface area contributed by atoms with Gasteiger partial charge in [0.1, 0.15) is 0 Å². The van der Waals surface area contributed by atoms with Gasteiger partial charge in [0.05, 0.1) is 0 Å². The van der Waals surface area contributed by atoms with Crippen molar-refractivity contribution in [3.05, 3.63) is 0 Å². The summed E-state index contributed by atoms with van der Waals surface area (Å²) in [7, 11) is 0. The van der Waals surface area contributed by atoms with Gasteiger partial charge in [-0.25, -0.2) is 0 Å². The highest BCUT2D eigenvalue weighted by Crippen LogP contribution is 2.30. The molecule has 16 heavy (non-hydrogen) atoms. The number of piperazine rings is 1. The van der Waals surface area contributed by atoms with Crippen LogP contribution < -0.4 is 5.32 Å². The summed E-state index contributed by atoms with van der Waals surface area (Å²) in [4.78, 5) is 2.60. The third-order valence-electron chi connectivity index (χ3n) is 3.99. The minimum absolute atomic E-state index is 0.455. The highest BCUT2D eigenvalue weighted by molar-refractivity contribution is 4.99. The predicted octanol–water partition coefficient (Wildman–Crippen LogP) is 2.01. The van der Waals surface area contributed by atoms with E-state index in [1.807, 2.05) is 6.92 Å². The molecule has 2 nitrogen and oxygen atoms in total. The van der Waals surface area contributed by atoms with Gasteiger partial charge in [-0.05, 0) is 19.8 Å². The molecular formula is C14H24N2. The topological polar surface area (TPSA) is 15.3 Å². The van der Waals surface area contributed by atoms with Crippen LogP contribution in [0.1, 0.15) is 45.4 Å². The highest BCUT2D eigenvalue weighted by atomic mass is 15.2. The summed E-state index contributed by atoms with van der Waals surface area (Å²) < 4.78 is 0. The molecule has 1 saturated carbocycles. The summed E-state index contributed by atoms with van der Waals surface area (Å²) in [6, 6.07) is 0. The van der Waals surface area contributed by atoms with Crippen molar-refractivity contribution >= 4 is 0 Å². The summed E-state index contributed by atoms with van der Waals surface area (Å²) in [5, 5.41) is 3.78. The van der Waals surface area contributed by atoms with Crippen LogP contribution in [-0.2, 0) is 0 Å². The van der Waals surface area contributed by atoms with Gasteiger partial charge >= 0.3 is 0 Å². The third kappa shape index (κ3) is 2.99. The molecule has 0 aromatic carbocycles. The molecule has 0 amide bonds. The van der Waals surface area contributed by atoms with Gasteiger partial charge in [0.15, 0.2) is 0 Å². The Hall–Kier alpha value is -0.520. The third-order valence-corrected chi connectivity index (χ3v) is 3.99. The Bertz CT molecular complexity index is 263. The number of nitrogens with zero attached hydrogens (tertiary/aromatic N) is 1. The van der Waals surface area contributed by atoms with E-state index in [4.69, 9.17) is 0 Å². The van der Waals surface area contributed by atoms with Gasteiger partial charge < -0.3 is 5.32 Å². The maximum atomic E-state index is 3.78. The van der Waals surface area contributed by atoms with Crippen molar-refractivity contribution in [1.29, 1.82) is 0 Å². The van der Waals surface area contributed by atoms with Crippen molar-refractivity contribution in [3.8, 4) is 11.8 Å². The summed E-state index contributed by atoms with van der Waals surface area (Å²) in [6.45, 7) is 6.70. The number of nitrogens with one attached hydrogen (secondary N) is 1. The maximum Gasteiger partial charge on any atom is 0.0309 e. The normalized spacial score (nSPS) is 25.1. The molecule has 2 aliphatic rings. The minimum atomic E-state index is 0.455. The molecule has 1 aliphatic heterocycles. The summed E-state index contributed by atoms with van der Waals surface area (Å²) in [5.41, 5.74) is 0.455. The highest BCUT2D eigenvalue weighted by Gasteiger charge is 2.35. The lowest BCUT2D eigenvalue weighted by Crippen LogP contribution is -2.61. The van der Waals surface area contributed by atoms with Gasteiger partial charge in [0, 0.05) is 38.1 Å². The molecule has 0 unspecified atom stereocenters. The first-order valence-corrected chi connectivity index (χ1v) is 6.72. The van der Waals surface area contributed by atoms with E-state index >= 15 is 0 Å². The lowest BCUT2D eigenvalue weighted by Gasteiger charge is -2.46. The van der Waals surface area contributed by atoms with Crippen LogP contribution in [-0.4, -0.2) is 36.6 Å². The molecule has 0 bridgehead atoms. The maximum absolute atomic E-state index is 3.78. The van der Waals surface area contributed by atoms with E-state index in [0.717, 1.165) is 13.0 Å². The van der Waals surface area contributed by atoms with E-state index in [9.17, 15) is 0 Å². The second-order valence-corrected chi connectivity index (χ2v) is 5.22. The Balaban J connectivity index is 1.84. The van der Waals surface area contributed by atoms with Crippen molar-refractivity contribution < 1.29 is 0 Å². The molecule has 0 atom stereocenters. The van der Waals surface area contributed by atoms with Crippen molar-refractivity contribution in [1.82, 2.24) is 10.2 Å². The lowest BCUT2D eigenvalue weighted by atomic mass is 9.80. The molecule has 90 valence electrons. The average molecular weight is 220 g/mol. The monoisotopic (exact) mass is 220 g/mol. The lowest BCUT2D eigenvalue weighted by molar-refractivity contribution is 0.101. The first-order chi connectivity index (χ1) is 7.85. The first kappa shape index (κ1) is 12.0. The van der Waals surface area contributed by atoms with Gasteiger partial charge in [0.2, 0.25) is 0 Å². The van der Waals surface area contributed by atoms with Crippen molar-refractivity contribution in [2.24, 2.45) is 0 Å². The van der Waals surface area contributed by atoms with Gasteiger partial charge in [-0.2, -0.15) is 0 Å². The van der Waals surface area contributed by atoms with Crippen LogP contribution >= 0.6 is 0 Å². The largest absolute Gasteiger partial charge is 0.309 e. The van der Waals surface area contributed by atoms with Crippen LogP contribution in [0.15, 0.2) is 0 Å². The molecule has 0 aromatic rings. The Morgan fingerprint density at radius 1 is 1.25 bits per heavy atom. The van der Waals surface area contributed by atoms with E-state index in [0.29, 0.717) is 5.54 Å². The Morgan fingerprint density at radius 2 is 2.06 bits per heavy atom. The van der Waals surface area contributed by atoms with Gasteiger partial charge in [-0.1, -0.05) is 19.3 Å². The van der Waals surface area contributed by atoms with Crippen LogP contribution in [0.4, 0.5) is 0 Å². The molecule has 2 heteroatoms. The molecular weight excluding hydrogens is 196 g/mol. The molecule has 1 spiro atoms. The van der Waals surface area contributed by atoms with E-state index < -0.39 is 0 Å². The SMILES string of the molecule is CC#CCCN1CCNC2(CCCCC2)C1. The molecule has 0 aromatic heterocycles. The van der Waals surface area contributed by atoms with E-state index in [1.54, 1.807) is 0 Å². The second-order valence-electron chi connectivity index (χ2n) is 5.22. The fourth-order valence-electron chi connectivity index (χ4n) is 3.14. The summed E-state index contributed by atoms with van der Waals surface area (Å²) >= 11 is 0. The zero-order valence-electron chi connectivity index (χ0n) is 10.5. The van der Waals surface area contributed by atoms with Crippen LogP contribution in [0.25, 0.3) is 0 Å². The number of hydrogen-bond donors (Lipinski definition) is 1. The number of rotatable bonds is 2. The predicted molar refractivity (Wildman–Crippen MR) is 68.3 cm³/mol. The Kier molecular flexibility index (Phi) is 4.26. The van der Waals surface area contributed by atoms with Gasteiger partial charge in [0.25, 0.3) is 0 Å². The first-order valence-electron chi connectivity index (χ1n) is 6.72. The standard InChI is InChI=1S/C14H24N2/c1-2-3-7-11-16-12-10-15-14(13-16)8-5-4-6-9-14/h15H,4-13H2,1H3. The van der Waals surface area contributed by atoms with Gasteiger partial charge in [-0.3, -0.25) is 4.90 Å². The smallest absolute Gasteiger partial charge is 0.0309 e. The van der Waals surface area contributed by atoms with Crippen LogP contribution in [0.3, 0.4) is 0 Å². The van der Waals surface area contributed by atoms with Crippen LogP contribution in [0.5, 0.6) is 0 Å². The summed E-state index contributed by atoms with van der Waals surface area (Å²) in [6.07, 6.45) is 8.05. The fourth-order valence-corrected chi connectivity index (χ4v) is 3.14. The van der Waals surface area contributed by atoms with Crippen LogP contribution in [0.2, 0.25) is 0 Å². The Labute approximate surface area is 99.8 Å². The summed E-state index contributed by atoms with van der Waals surface area (Å²) in [5.74, 6) is 6.16. The molecule has 1 saturated heterocycles. The minimum Gasteiger partial charge on any atom is -0.309 e. The Morgan fingerprint density at radius 3 is 2.81 bits per heavy atom.